The highest BCUT2D eigenvalue weighted by atomic mass is 19.1. The molecule has 1 unspecified atom stereocenters. The molecule has 0 saturated carbocycles. The summed E-state index contributed by atoms with van der Waals surface area (Å²) in [6.07, 6.45) is 3.31. The van der Waals surface area contributed by atoms with Crippen LogP contribution in [0.25, 0.3) is 6.08 Å². The van der Waals surface area contributed by atoms with Crippen molar-refractivity contribution < 1.29 is 19.1 Å². The predicted molar refractivity (Wildman–Crippen MR) is 75.8 cm³/mol. The third-order valence-electron chi connectivity index (χ3n) is 2.92. The zero-order chi connectivity index (χ0) is 15.1. The van der Waals surface area contributed by atoms with Gasteiger partial charge in [-0.05, 0) is 30.2 Å². The van der Waals surface area contributed by atoms with Crippen molar-refractivity contribution in [3.8, 4) is 0 Å². The first-order valence-corrected chi connectivity index (χ1v) is 6.42. The molecule has 1 aromatic rings. The Hall–Kier alpha value is -2.17. The maximum absolute atomic E-state index is 13.5. The van der Waals surface area contributed by atoms with Gasteiger partial charge in [0.15, 0.2) is 0 Å². The first-order chi connectivity index (χ1) is 9.42. The van der Waals surface area contributed by atoms with E-state index in [-0.39, 0.29) is 17.4 Å². The lowest BCUT2D eigenvalue weighted by Crippen LogP contribution is -2.14. The monoisotopic (exact) mass is 279 g/mol. The van der Waals surface area contributed by atoms with Crippen LogP contribution in [-0.4, -0.2) is 17.0 Å². The van der Waals surface area contributed by atoms with Crippen LogP contribution in [0.4, 0.5) is 10.1 Å². The minimum atomic E-state index is -1.16. The fraction of sp³-hybridized carbons (Fsp3) is 0.333. The summed E-state index contributed by atoms with van der Waals surface area (Å²) in [6.45, 7) is 3.98. The number of nitrogens with one attached hydrogen (secondary N) is 1. The Bertz CT molecular complexity index is 526. The third kappa shape index (κ3) is 5.22. The smallest absolute Gasteiger partial charge is 0.328 e. The van der Waals surface area contributed by atoms with Gasteiger partial charge in [0.2, 0.25) is 5.91 Å². The highest BCUT2D eigenvalue weighted by Crippen LogP contribution is 2.17. The lowest BCUT2D eigenvalue weighted by atomic mass is 10.0. The number of carbonyl (C=O) groups excluding carboxylic acids is 1. The SMILES string of the molecule is CCC(C)CC(=O)Nc1ccc(F)c(/C=C/C(=O)O)c1. The maximum Gasteiger partial charge on any atom is 0.328 e. The molecule has 1 aromatic carbocycles. The van der Waals surface area contributed by atoms with Crippen LogP contribution >= 0.6 is 0 Å². The molecule has 0 spiro atoms. The van der Waals surface area contributed by atoms with Crippen molar-refractivity contribution in [3.63, 3.8) is 0 Å². The van der Waals surface area contributed by atoms with E-state index >= 15 is 0 Å². The summed E-state index contributed by atoms with van der Waals surface area (Å²) in [4.78, 5) is 22.1. The van der Waals surface area contributed by atoms with Gasteiger partial charge in [-0.25, -0.2) is 9.18 Å². The Morgan fingerprint density at radius 1 is 1.45 bits per heavy atom. The van der Waals surface area contributed by atoms with Crippen molar-refractivity contribution in [3.05, 3.63) is 35.7 Å². The molecule has 4 nitrogen and oxygen atoms in total. The van der Waals surface area contributed by atoms with Crippen molar-refractivity contribution in [1.82, 2.24) is 0 Å². The molecule has 0 aliphatic heterocycles. The van der Waals surface area contributed by atoms with Crippen LogP contribution in [0, 0.1) is 11.7 Å². The second-order valence-corrected chi connectivity index (χ2v) is 4.67. The van der Waals surface area contributed by atoms with E-state index in [1.807, 2.05) is 13.8 Å². The number of benzene rings is 1. The lowest BCUT2D eigenvalue weighted by molar-refractivity contribution is -0.131. The van der Waals surface area contributed by atoms with E-state index in [4.69, 9.17) is 5.11 Å². The summed E-state index contributed by atoms with van der Waals surface area (Å²) in [5.41, 5.74) is 0.568. The van der Waals surface area contributed by atoms with Crippen LogP contribution in [-0.2, 0) is 9.59 Å². The molecule has 5 heteroatoms. The van der Waals surface area contributed by atoms with Crippen LogP contribution in [0.5, 0.6) is 0 Å². The van der Waals surface area contributed by atoms with E-state index in [1.54, 1.807) is 0 Å². The number of hydrogen-bond donors (Lipinski definition) is 2. The van der Waals surface area contributed by atoms with Gasteiger partial charge in [-0.2, -0.15) is 0 Å². The Morgan fingerprint density at radius 3 is 2.75 bits per heavy atom. The largest absolute Gasteiger partial charge is 0.478 e. The molecule has 20 heavy (non-hydrogen) atoms. The average molecular weight is 279 g/mol. The summed E-state index contributed by atoms with van der Waals surface area (Å²) in [5.74, 6) is -1.56. The van der Waals surface area contributed by atoms with Crippen molar-refractivity contribution in [2.24, 2.45) is 5.92 Å². The topological polar surface area (TPSA) is 66.4 Å². The number of carboxylic acids is 1. The Labute approximate surface area is 117 Å². The Balaban J connectivity index is 2.79. The lowest BCUT2D eigenvalue weighted by Gasteiger charge is -2.10. The summed E-state index contributed by atoms with van der Waals surface area (Å²) < 4.78 is 13.5. The number of halogens is 1. The summed E-state index contributed by atoms with van der Waals surface area (Å²) in [6, 6.07) is 4.05. The summed E-state index contributed by atoms with van der Waals surface area (Å²) in [7, 11) is 0. The molecule has 0 aliphatic carbocycles. The quantitative estimate of drug-likeness (QED) is 0.785. The molecule has 2 N–H and O–H groups in total. The molecule has 0 bridgehead atoms. The van der Waals surface area contributed by atoms with E-state index in [1.165, 1.54) is 18.2 Å². The van der Waals surface area contributed by atoms with Gasteiger partial charge in [0.1, 0.15) is 5.82 Å². The van der Waals surface area contributed by atoms with Crippen LogP contribution in [0.2, 0.25) is 0 Å². The molecule has 1 atom stereocenters. The molecule has 0 heterocycles. The van der Waals surface area contributed by atoms with Crippen molar-refractivity contribution in [2.75, 3.05) is 5.32 Å². The second kappa shape index (κ2) is 7.43. The fourth-order valence-electron chi connectivity index (χ4n) is 1.58. The molecule has 108 valence electrons. The van der Waals surface area contributed by atoms with E-state index in [0.717, 1.165) is 18.6 Å². The fourth-order valence-corrected chi connectivity index (χ4v) is 1.58. The standard InChI is InChI=1S/C15H18FNO3/c1-3-10(2)8-14(18)17-12-5-6-13(16)11(9-12)4-7-15(19)20/h4-7,9-10H,3,8H2,1-2H3,(H,17,18)(H,19,20)/b7-4+. The molecule has 0 aliphatic rings. The van der Waals surface area contributed by atoms with Crippen LogP contribution in [0.1, 0.15) is 32.3 Å². The number of aliphatic carboxylic acids is 1. The van der Waals surface area contributed by atoms with Gasteiger partial charge in [-0.15, -0.1) is 0 Å². The zero-order valence-corrected chi connectivity index (χ0v) is 11.5. The van der Waals surface area contributed by atoms with Crippen LogP contribution in [0.15, 0.2) is 24.3 Å². The molecule has 1 amide bonds. The van der Waals surface area contributed by atoms with Gasteiger partial charge in [0.05, 0.1) is 0 Å². The molecular weight excluding hydrogens is 261 g/mol. The molecular formula is C15H18FNO3. The number of anilines is 1. The average Bonchev–Trinajstić information content (AvgIpc) is 2.38. The summed E-state index contributed by atoms with van der Waals surface area (Å²) >= 11 is 0. The molecule has 1 rings (SSSR count). The molecule has 0 saturated heterocycles. The molecule has 0 radical (unpaired) electrons. The summed E-state index contributed by atoms with van der Waals surface area (Å²) in [5, 5.41) is 11.2. The molecule has 0 aromatic heterocycles. The highest BCUT2D eigenvalue weighted by molar-refractivity contribution is 5.91. The van der Waals surface area contributed by atoms with Crippen molar-refractivity contribution >= 4 is 23.6 Å². The maximum atomic E-state index is 13.5. The van der Waals surface area contributed by atoms with E-state index < -0.39 is 11.8 Å². The third-order valence-corrected chi connectivity index (χ3v) is 2.92. The van der Waals surface area contributed by atoms with E-state index in [0.29, 0.717) is 12.1 Å². The number of carboxylic acid groups (broad SMARTS) is 1. The minimum Gasteiger partial charge on any atom is -0.478 e. The van der Waals surface area contributed by atoms with Crippen LogP contribution in [0.3, 0.4) is 0 Å². The van der Waals surface area contributed by atoms with E-state index in [9.17, 15) is 14.0 Å². The number of amides is 1. The Morgan fingerprint density at radius 2 is 2.15 bits per heavy atom. The molecule has 0 fully saturated rings. The van der Waals surface area contributed by atoms with Gasteiger partial charge in [0.25, 0.3) is 0 Å². The Kier molecular flexibility index (Phi) is 5.90. The van der Waals surface area contributed by atoms with Gasteiger partial charge in [0, 0.05) is 23.7 Å². The number of hydrogen-bond acceptors (Lipinski definition) is 2. The van der Waals surface area contributed by atoms with Crippen molar-refractivity contribution in [2.45, 2.75) is 26.7 Å². The van der Waals surface area contributed by atoms with Gasteiger partial charge in [-0.1, -0.05) is 20.3 Å². The first kappa shape index (κ1) is 15.9. The van der Waals surface area contributed by atoms with Crippen LogP contribution < -0.4 is 5.32 Å². The first-order valence-electron chi connectivity index (χ1n) is 6.42. The highest BCUT2D eigenvalue weighted by Gasteiger charge is 2.09. The van der Waals surface area contributed by atoms with Gasteiger partial charge in [-0.3, -0.25) is 4.79 Å². The predicted octanol–water partition coefficient (Wildman–Crippen LogP) is 3.30. The minimum absolute atomic E-state index is 0.119. The van der Waals surface area contributed by atoms with E-state index in [2.05, 4.69) is 5.32 Å². The van der Waals surface area contributed by atoms with Gasteiger partial charge < -0.3 is 10.4 Å². The zero-order valence-electron chi connectivity index (χ0n) is 11.5. The number of carbonyl (C=O) groups is 2. The normalized spacial score (nSPS) is 12.3. The second-order valence-electron chi connectivity index (χ2n) is 4.67. The van der Waals surface area contributed by atoms with Gasteiger partial charge >= 0.3 is 5.97 Å². The number of rotatable bonds is 6. The van der Waals surface area contributed by atoms with Crippen molar-refractivity contribution in [1.29, 1.82) is 0 Å².